The van der Waals surface area contributed by atoms with Crippen molar-refractivity contribution >= 4 is 37.0 Å². The molecule has 0 saturated carbocycles. The monoisotopic (exact) mass is 416 g/mol. The SMILES string of the molecule is Cl.NC(CCCCB(O)O)c1nnnn1CC(=O)NCc1ccc(Cl)cc1. The van der Waals surface area contributed by atoms with Gasteiger partial charge in [-0.1, -0.05) is 36.6 Å². The van der Waals surface area contributed by atoms with E-state index in [1.165, 1.54) is 4.68 Å². The highest BCUT2D eigenvalue weighted by Gasteiger charge is 2.17. The predicted molar refractivity (Wildman–Crippen MR) is 104 cm³/mol. The molecule has 0 radical (unpaired) electrons. The van der Waals surface area contributed by atoms with Crippen molar-refractivity contribution in [1.29, 1.82) is 0 Å². The van der Waals surface area contributed by atoms with Crippen molar-refractivity contribution in [2.24, 2.45) is 5.73 Å². The first-order valence-corrected chi connectivity index (χ1v) is 8.72. The smallest absolute Gasteiger partial charge is 0.427 e. The van der Waals surface area contributed by atoms with E-state index in [1.54, 1.807) is 12.1 Å². The molecule has 0 fully saturated rings. The average molecular weight is 417 g/mol. The van der Waals surface area contributed by atoms with Gasteiger partial charge in [0.25, 0.3) is 0 Å². The molecule has 1 atom stereocenters. The van der Waals surface area contributed by atoms with Crippen LogP contribution >= 0.6 is 24.0 Å². The molecule has 12 heteroatoms. The number of carbonyl (C=O) groups excluding carboxylic acids is 1. The second kappa shape index (κ2) is 11.9. The van der Waals surface area contributed by atoms with Gasteiger partial charge >= 0.3 is 7.12 Å². The summed E-state index contributed by atoms with van der Waals surface area (Å²) in [5.74, 6) is 0.195. The first kappa shape index (κ1) is 23.3. The maximum Gasteiger partial charge on any atom is 0.451 e. The van der Waals surface area contributed by atoms with Gasteiger partial charge in [0.2, 0.25) is 5.91 Å². The molecule has 0 bridgehead atoms. The van der Waals surface area contributed by atoms with Crippen LogP contribution < -0.4 is 11.1 Å². The van der Waals surface area contributed by atoms with E-state index in [0.717, 1.165) is 5.56 Å². The molecule has 5 N–H and O–H groups in total. The molecule has 1 aromatic carbocycles. The van der Waals surface area contributed by atoms with Gasteiger partial charge in [0.15, 0.2) is 5.82 Å². The van der Waals surface area contributed by atoms with Crippen LogP contribution in [0.4, 0.5) is 0 Å². The van der Waals surface area contributed by atoms with E-state index >= 15 is 0 Å². The Hall–Kier alpha value is -1.72. The van der Waals surface area contributed by atoms with E-state index in [2.05, 4.69) is 20.8 Å². The zero-order valence-electron chi connectivity index (χ0n) is 14.7. The molecule has 9 nitrogen and oxygen atoms in total. The van der Waals surface area contributed by atoms with Crippen molar-refractivity contribution in [1.82, 2.24) is 25.5 Å². The second-order valence-electron chi connectivity index (χ2n) is 5.97. The maximum atomic E-state index is 12.1. The Morgan fingerprint density at radius 1 is 1.30 bits per heavy atom. The van der Waals surface area contributed by atoms with Crippen molar-refractivity contribution in [3.8, 4) is 0 Å². The van der Waals surface area contributed by atoms with Gasteiger partial charge in [-0.05, 0) is 40.9 Å². The maximum absolute atomic E-state index is 12.1. The van der Waals surface area contributed by atoms with E-state index < -0.39 is 13.2 Å². The molecule has 1 unspecified atom stereocenters. The van der Waals surface area contributed by atoms with Crippen LogP contribution in [0.25, 0.3) is 0 Å². The third-order valence-corrected chi connectivity index (χ3v) is 4.07. The van der Waals surface area contributed by atoms with Crippen molar-refractivity contribution in [3.63, 3.8) is 0 Å². The lowest BCUT2D eigenvalue weighted by atomic mass is 9.83. The van der Waals surface area contributed by atoms with Crippen LogP contribution in [0, 0.1) is 0 Å². The highest BCUT2D eigenvalue weighted by Crippen LogP contribution is 2.15. The van der Waals surface area contributed by atoms with Crippen LogP contribution in [0.2, 0.25) is 11.3 Å². The number of carbonyl (C=O) groups is 1. The predicted octanol–water partition coefficient (Wildman–Crippen LogP) is 0.708. The van der Waals surface area contributed by atoms with Crippen LogP contribution in [0.1, 0.15) is 36.7 Å². The Labute approximate surface area is 168 Å². The molecule has 0 aliphatic carbocycles. The fraction of sp³-hybridized carbons (Fsp3) is 0.467. The minimum atomic E-state index is -1.30. The van der Waals surface area contributed by atoms with Gasteiger partial charge in [-0.25, -0.2) is 4.68 Å². The average Bonchev–Trinajstić information content (AvgIpc) is 3.06. The number of benzene rings is 1. The third kappa shape index (κ3) is 8.23. The van der Waals surface area contributed by atoms with Crippen LogP contribution in [-0.2, 0) is 17.9 Å². The first-order valence-electron chi connectivity index (χ1n) is 8.34. The van der Waals surface area contributed by atoms with Crippen molar-refractivity contribution in [2.45, 2.75) is 44.7 Å². The second-order valence-corrected chi connectivity index (χ2v) is 6.41. The molecule has 2 rings (SSSR count). The van der Waals surface area contributed by atoms with E-state index in [0.29, 0.717) is 43.0 Å². The topological polar surface area (TPSA) is 139 Å². The van der Waals surface area contributed by atoms with Gasteiger partial charge in [-0.15, -0.1) is 17.5 Å². The van der Waals surface area contributed by atoms with Crippen molar-refractivity contribution < 1.29 is 14.8 Å². The van der Waals surface area contributed by atoms with Crippen molar-refractivity contribution in [3.05, 3.63) is 40.7 Å². The molecule has 27 heavy (non-hydrogen) atoms. The van der Waals surface area contributed by atoms with E-state index in [9.17, 15) is 4.79 Å². The number of tetrazole rings is 1. The van der Waals surface area contributed by atoms with Crippen LogP contribution in [0.5, 0.6) is 0 Å². The van der Waals surface area contributed by atoms with E-state index in [-0.39, 0.29) is 24.9 Å². The Morgan fingerprint density at radius 3 is 2.67 bits per heavy atom. The summed E-state index contributed by atoms with van der Waals surface area (Å²) in [4.78, 5) is 12.1. The number of hydrogen-bond donors (Lipinski definition) is 4. The number of nitrogens with zero attached hydrogens (tertiary/aromatic N) is 4. The summed E-state index contributed by atoms with van der Waals surface area (Å²) in [5.41, 5.74) is 7.01. The minimum Gasteiger partial charge on any atom is -0.427 e. The largest absolute Gasteiger partial charge is 0.451 e. The number of rotatable bonds is 10. The number of nitrogens with one attached hydrogen (secondary N) is 1. The van der Waals surface area contributed by atoms with Crippen LogP contribution in [0.15, 0.2) is 24.3 Å². The van der Waals surface area contributed by atoms with E-state index in [1.807, 2.05) is 12.1 Å². The highest BCUT2D eigenvalue weighted by atomic mass is 35.5. The lowest BCUT2D eigenvalue weighted by molar-refractivity contribution is -0.122. The normalized spacial score (nSPS) is 11.6. The molecule has 0 aliphatic rings. The van der Waals surface area contributed by atoms with Gasteiger partial charge in [-0.3, -0.25) is 4.79 Å². The summed E-state index contributed by atoms with van der Waals surface area (Å²) in [5, 5.41) is 32.4. The number of unbranched alkanes of at least 4 members (excludes halogenated alkanes) is 1. The van der Waals surface area contributed by atoms with E-state index in [4.69, 9.17) is 27.4 Å². The molecular weight excluding hydrogens is 394 g/mol. The molecular formula is C15H23BCl2N6O3. The Kier molecular flexibility index (Phi) is 10.3. The molecule has 0 aliphatic heterocycles. The summed E-state index contributed by atoms with van der Waals surface area (Å²) in [6.07, 6.45) is 2.22. The van der Waals surface area contributed by atoms with Crippen LogP contribution in [-0.4, -0.2) is 43.3 Å². The minimum absolute atomic E-state index is 0. The summed E-state index contributed by atoms with van der Waals surface area (Å²) in [6, 6.07) is 6.77. The molecule has 2 aromatic rings. The molecule has 0 spiro atoms. The van der Waals surface area contributed by atoms with Crippen molar-refractivity contribution in [2.75, 3.05) is 0 Å². The third-order valence-electron chi connectivity index (χ3n) is 3.82. The Bertz CT molecular complexity index is 701. The lowest BCUT2D eigenvalue weighted by Gasteiger charge is -2.12. The lowest BCUT2D eigenvalue weighted by Crippen LogP contribution is -2.29. The fourth-order valence-corrected chi connectivity index (χ4v) is 2.53. The van der Waals surface area contributed by atoms with Gasteiger partial charge in [-0.2, -0.15) is 0 Å². The van der Waals surface area contributed by atoms with Gasteiger partial charge in [0, 0.05) is 11.6 Å². The summed E-state index contributed by atoms with van der Waals surface area (Å²) < 4.78 is 1.38. The number of amides is 1. The number of nitrogens with two attached hydrogens (primary N) is 1. The molecule has 0 saturated heterocycles. The fourth-order valence-electron chi connectivity index (χ4n) is 2.40. The standard InChI is InChI=1S/C15H22BClN6O3.ClH/c17-12-6-4-11(5-7-12)9-19-14(24)10-23-15(20-21-22-23)13(18)3-1-2-8-16(25)26;/h4-7,13,25-26H,1-3,8-10,18H2,(H,19,24);1H. The molecule has 1 heterocycles. The quantitative estimate of drug-likeness (QED) is 0.330. The van der Waals surface area contributed by atoms with Crippen LogP contribution in [0.3, 0.4) is 0 Å². The van der Waals surface area contributed by atoms with Gasteiger partial charge in [0.1, 0.15) is 6.54 Å². The highest BCUT2D eigenvalue weighted by molar-refractivity contribution is 6.40. The zero-order valence-corrected chi connectivity index (χ0v) is 16.2. The molecule has 148 valence electrons. The first-order chi connectivity index (χ1) is 12.5. The number of aromatic nitrogens is 4. The summed E-state index contributed by atoms with van der Waals surface area (Å²) in [7, 11) is -1.30. The summed E-state index contributed by atoms with van der Waals surface area (Å²) >= 11 is 5.83. The Morgan fingerprint density at radius 2 is 2.00 bits per heavy atom. The molecule has 1 aromatic heterocycles. The Balaban J connectivity index is 0.00000364. The molecule has 1 amide bonds. The van der Waals surface area contributed by atoms with Gasteiger partial charge < -0.3 is 21.1 Å². The summed E-state index contributed by atoms with van der Waals surface area (Å²) in [6.45, 7) is 0.349. The van der Waals surface area contributed by atoms with Gasteiger partial charge in [0.05, 0.1) is 6.04 Å². The number of halogens is 2. The zero-order chi connectivity index (χ0) is 18.9. The number of hydrogen-bond acceptors (Lipinski definition) is 7.